The first-order chi connectivity index (χ1) is 8.15. The number of para-hydroxylation sites is 2. The number of ether oxygens (including phenoxy) is 2. The van der Waals surface area contributed by atoms with Gasteiger partial charge in [-0.2, -0.15) is 0 Å². The molecule has 0 amide bonds. The molecule has 0 fully saturated rings. The number of nitrogens with two attached hydrogens (primary N) is 1. The fourth-order valence-electron chi connectivity index (χ4n) is 2.07. The summed E-state index contributed by atoms with van der Waals surface area (Å²) < 4.78 is 11.5. The summed E-state index contributed by atoms with van der Waals surface area (Å²) in [6.45, 7) is 4.29. The normalized spacial score (nSPS) is 20.4. The molecule has 0 bridgehead atoms. The van der Waals surface area contributed by atoms with E-state index in [2.05, 4.69) is 4.90 Å². The number of likely N-dealkylation sites (N-methyl/N-ethyl adjacent to an activating group) is 1. The molecule has 0 saturated carbocycles. The Kier molecular flexibility index (Phi) is 3.86. The average Bonchev–Trinajstić information content (AvgIpc) is 2.27. The third-order valence-electron chi connectivity index (χ3n) is 2.68. The second-order valence-electron chi connectivity index (χ2n) is 4.70. The standard InChI is InChI=1S/C13H20N2O2/c1-10(14)7-15(2)8-11-9-16-12-5-3-4-6-13(12)17-11/h3-6,10-11H,7-9,14H2,1-2H3. The van der Waals surface area contributed by atoms with Gasteiger partial charge >= 0.3 is 0 Å². The van der Waals surface area contributed by atoms with Crippen LogP contribution in [0.4, 0.5) is 0 Å². The van der Waals surface area contributed by atoms with Crippen molar-refractivity contribution in [2.75, 3.05) is 26.7 Å². The third-order valence-corrected chi connectivity index (χ3v) is 2.68. The van der Waals surface area contributed by atoms with E-state index in [1.54, 1.807) is 0 Å². The van der Waals surface area contributed by atoms with Crippen LogP contribution in [0.25, 0.3) is 0 Å². The van der Waals surface area contributed by atoms with Crippen molar-refractivity contribution in [2.45, 2.75) is 19.1 Å². The van der Waals surface area contributed by atoms with Crippen LogP contribution in [-0.4, -0.2) is 43.8 Å². The van der Waals surface area contributed by atoms with Gasteiger partial charge < -0.3 is 20.1 Å². The van der Waals surface area contributed by atoms with Gasteiger partial charge in [-0.3, -0.25) is 0 Å². The molecule has 1 aromatic carbocycles. The molecular weight excluding hydrogens is 216 g/mol. The van der Waals surface area contributed by atoms with E-state index in [-0.39, 0.29) is 12.1 Å². The smallest absolute Gasteiger partial charge is 0.161 e. The number of nitrogens with zero attached hydrogens (tertiary/aromatic N) is 1. The van der Waals surface area contributed by atoms with E-state index in [1.165, 1.54) is 0 Å². The molecule has 1 aliphatic rings. The fraction of sp³-hybridized carbons (Fsp3) is 0.538. The number of hydrogen-bond donors (Lipinski definition) is 1. The maximum Gasteiger partial charge on any atom is 0.161 e. The molecule has 0 spiro atoms. The Balaban J connectivity index is 1.90. The average molecular weight is 236 g/mol. The number of rotatable bonds is 4. The molecule has 0 aromatic heterocycles. The van der Waals surface area contributed by atoms with E-state index in [0.717, 1.165) is 24.6 Å². The molecule has 1 aliphatic heterocycles. The van der Waals surface area contributed by atoms with Crippen molar-refractivity contribution in [1.82, 2.24) is 4.90 Å². The summed E-state index contributed by atoms with van der Waals surface area (Å²) in [5.74, 6) is 1.66. The van der Waals surface area contributed by atoms with Crippen molar-refractivity contribution in [2.24, 2.45) is 5.73 Å². The van der Waals surface area contributed by atoms with Gasteiger partial charge in [-0.25, -0.2) is 0 Å². The van der Waals surface area contributed by atoms with Crippen LogP contribution < -0.4 is 15.2 Å². The zero-order chi connectivity index (χ0) is 12.3. The summed E-state index contributed by atoms with van der Waals surface area (Å²) in [4.78, 5) is 2.17. The summed E-state index contributed by atoms with van der Waals surface area (Å²) >= 11 is 0. The van der Waals surface area contributed by atoms with Crippen LogP contribution in [0.5, 0.6) is 11.5 Å². The summed E-state index contributed by atoms with van der Waals surface area (Å²) in [6.07, 6.45) is 0.0775. The monoisotopic (exact) mass is 236 g/mol. The minimum absolute atomic E-state index is 0.0775. The molecule has 94 valence electrons. The van der Waals surface area contributed by atoms with Crippen LogP contribution in [0.3, 0.4) is 0 Å². The topological polar surface area (TPSA) is 47.7 Å². The molecule has 4 heteroatoms. The van der Waals surface area contributed by atoms with E-state index >= 15 is 0 Å². The lowest BCUT2D eigenvalue weighted by Crippen LogP contribution is -2.42. The van der Waals surface area contributed by atoms with Gasteiger partial charge in [-0.05, 0) is 26.1 Å². The predicted molar refractivity (Wildman–Crippen MR) is 67.5 cm³/mol. The van der Waals surface area contributed by atoms with Gasteiger partial charge in [0.2, 0.25) is 0 Å². The van der Waals surface area contributed by atoms with Crippen molar-refractivity contribution in [3.8, 4) is 11.5 Å². The molecule has 4 nitrogen and oxygen atoms in total. The molecule has 2 rings (SSSR count). The lowest BCUT2D eigenvalue weighted by Gasteiger charge is -2.30. The summed E-state index contributed by atoms with van der Waals surface area (Å²) in [5.41, 5.74) is 5.76. The van der Waals surface area contributed by atoms with E-state index in [4.69, 9.17) is 15.2 Å². The Morgan fingerprint density at radius 2 is 2.12 bits per heavy atom. The number of fused-ring (bicyclic) bond motifs is 1. The highest BCUT2D eigenvalue weighted by Crippen LogP contribution is 2.30. The maximum absolute atomic E-state index is 5.88. The lowest BCUT2D eigenvalue weighted by atomic mass is 10.2. The minimum atomic E-state index is 0.0775. The van der Waals surface area contributed by atoms with Crippen LogP contribution in [0.1, 0.15) is 6.92 Å². The summed E-state index contributed by atoms with van der Waals surface area (Å²) in [6, 6.07) is 7.95. The molecule has 0 radical (unpaired) electrons. The van der Waals surface area contributed by atoms with Crippen molar-refractivity contribution in [3.63, 3.8) is 0 Å². The van der Waals surface area contributed by atoms with Crippen LogP contribution in [0, 0.1) is 0 Å². The molecule has 2 unspecified atom stereocenters. The van der Waals surface area contributed by atoms with Gasteiger partial charge in [0.25, 0.3) is 0 Å². The van der Waals surface area contributed by atoms with Gasteiger partial charge in [-0.1, -0.05) is 12.1 Å². The number of hydrogen-bond acceptors (Lipinski definition) is 4. The van der Waals surface area contributed by atoms with Crippen LogP contribution in [0.15, 0.2) is 24.3 Å². The Bertz CT molecular complexity index is 368. The Morgan fingerprint density at radius 1 is 1.41 bits per heavy atom. The molecule has 0 aliphatic carbocycles. The summed E-state index contributed by atoms with van der Waals surface area (Å²) in [7, 11) is 2.05. The largest absolute Gasteiger partial charge is 0.486 e. The molecule has 1 heterocycles. The van der Waals surface area contributed by atoms with E-state index < -0.39 is 0 Å². The lowest BCUT2D eigenvalue weighted by molar-refractivity contribution is 0.0645. The van der Waals surface area contributed by atoms with Crippen molar-refractivity contribution in [3.05, 3.63) is 24.3 Å². The first kappa shape index (κ1) is 12.2. The van der Waals surface area contributed by atoms with Gasteiger partial charge in [0.15, 0.2) is 11.5 Å². The fourth-order valence-corrected chi connectivity index (χ4v) is 2.07. The zero-order valence-corrected chi connectivity index (χ0v) is 10.4. The first-order valence-electron chi connectivity index (χ1n) is 5.98. The Labute approximate surface area is 102 Å². The third kappa shape index (κ3) is 3.35. The zero-order valence-electron chi connectivity index (χ0n) is 10.4. The first-order valence-corrected chi connectivity index (χ1v) is 5.98. The molecule has 1 aromatic rings. The molecule has 0 saturated heterocycles. The highest BCUT2D eigenvalue weighted by molar-refractivity contribution is 5.40. The van der Waals surface area contributed by atoms with E-state index in [9.17, 15) is 0 Å². The van der Waals surface area contributed by atoms with E-state index in [1.807, 2.05) is 38.2 Å². The quantitative estimate of drug-likeness (QED) is 0.850. The van der Waals surface area contributed by atoms with Gasteiger partial charge in [0.1, 0.15) is 12.7 Å². The highest BCUT2D eigenvalue weighted by atomic mass is 16.6. The van der Waals surface area contributed by atoms with Gasteiger partial charge in [0.05, 0.1) is 0 Å². The van der Waals surface area contributed by atoms with Gasteiger partial charge in [-0.15, -0.1) is 0 Å². The van der Waals surface area contributed by atoms with Crippen LogP contribution in [0.2, 0.25) is 0 Å². The molecular formula is C13H20N2O2. The van der Waals surface area contributed by atoms with E-state index in [0.29, 0.717) is 6.61 Å². The molecule has 2 N–H and O–H groups in total. The minimum Gasteiger partial charge on any atom is -0.486 e. The SMILES string of the molecule is CC(N)CN(C)CC1COc2ccccc2O1. The molecule has 17 heavy (non-hydrogen) atoms. The molecule has 2 atom stereocenters. The predicted octanol–water partition coefficient (Wildman–Crippen LogP) is 1.11. The van der Waals surface area contributed by atoms with Crippen molar-refractivity contribution < 1.29 is 9.47 Å². The summed E-state index contributed by atoms with van der Waals surface area (Å²) in [5, 5.41) is 0. The van der Waals surface area contributed by atoms with Crippen molar-refractivity contribution >= 4 is 0 Å². The van der Waals surface area contributed by atoms with Gasteiger partial charge in [0, 0.05) is 19.1 Å². The van der Waals surface area contributed by atoms with Crippen LogP contribution >= 0.6 is 0 Å². The van der Waals surface area contributed by atoms with Crippen LogP contribution in [-0.2, 0) is 0 Å². The Hall–Kier alpha value is -1.26. The Morgan fingerprint density at radius 3 is 2.82 bits per heavy atom. The number of benzene rings is 1. The maximum atomic E-state index is 5.88. The second kappa shape index (κ2) is 5.38. The highest BCUT2D eigenvalue weighted by Gasteiger charge is 2.21. The second-order valence-corrected chi connectivity index (χ2v) is 4.70. The van der Waals surface area contributed by atoms with Crippen molar-refractivity contribution in [1.29, 1.82) is 0 Å².